The molecule has 4 rings (SSSR count). The number of carbonyl (C=O) groups excluding carboxylic acids is 1. The Labute approximate surface area is 188 Å². The van der Waals surface area contributed by atoms with E-state index in [1.165, 1.54) is 11.1 Å². The first kappa shape index (κ1) is 21.6. The number of esters is 1. The van der Waals surface area contributed by atoms with Gasteiger partial charge in [0.1, 0.15) is 12.2 Å². The van der Waals surface area contributed by atoms with Crippen molar-refractivity contribution in [2.45, 2.75) is 44.2 Å². The van der Waals surface area contributed by atoms with Crippen LogP contribution in [0.5, 0.6) is 0 Å². The first-order valence-corrected chi connectivity index (χ1v) is 10.9. The average Bonchev–Trinajstić information content (AvgIpc) is 3.15. The average molecular weight is 436 g/mol. The lowest BCUT2D eigenvalue weighted by atomic mass is 10.1. The maximum atomic E-state index is 12.6. The quantitative estimate of drug-likeness (QED) is 0.525. The van der Waals surface area contributed by atoms with E-state index in [1.807, 2.05) is 36.4 Å². The molecule has 31 heavy (non-hydrogen) atoms. The van der Waals surface area contributed by atoms with Crippen molar-refractivity contribution in [2.75, 3.05) is 0 Å². The zero-order valence-electron chi connectivity index (χ0n) is 17.2. The summed E-state index contributed by atoms with van der Waals surface area (Å²) in [6, 6.07) is 27.1. The molecule has 1 N–H and O–H groups in total. The van der Waals surface area contributed by atoms with Crippen molar-refractivity contribution in [2.24, 2.45) is 0 Å². The highest BCUT2D eigenvalue weighted by molar-refractivity contribution is 6.30. The Morgan fingerprint density at radius 3 is 2.10 bits per heavy atom. The Hall–Kier alpha value is -2.66. The van der Waals surface area contributed by atoms with Crippen LogP contribution < -0.4 is 0 Å². The van der Waals surface area contributed by atoms with E-state index in [1.54, 1.807) is 24.3 Å². The van der Waals surface area contributed by atoms with Gasteiger partial charge in [0.05, 0.1) is 5.56 Å². The van der Waals surface area contributed by atoms with Gasteiger partial charge in [-0.05, 0) is 42.2 Å². The molecule has 1 aliphatic carbocycles. The molecular formula is C26H26ClNO3. The number of hydrogen-bond donors (Lipinski definition) is 1. The minimum absolute atomic E-state index is 0.0995. The molecule has 160 valence electrons. The normalized spacial score (nSPS) is 20.7. The van der Waals surface area contributed by atoms with Crippen LogP contribution in [0.15, 0.2) is 84.9 Å². The number of aliphatic hydroxyl groups excluding tert-OH is 1. The molecule has 1 fully saturated rings. The Bertz CT molecular complexity index is 954. The van der Waals surface area contributed by atoms with E-state index in [4.69, 9.17) is 16.3 Å². The molecule has 0 saturated heterocycles. The van der Waals surface area contributed by atoms with Crippen LogP contribution in [0, 0.1) is 0 Å². The van der Waals surface area contributed by atoms with E-state index in [9.17, 15) is 9.90 Å². The molecule has 0 amide bonds. The molecule has 3 atom stereocenters. The number of aliphatic hydroxyl groups is 1. The second-order valence-corrected chi connectivity index (χ2v) is 8.40. The van der Waals surface area contributed by atoms with Crippen LogP contribution in [0.2, 0.25) is 5.02 Å². The lowest BCUT2D eigenvalue weighted by Gasteiger charge is -2.32. The van der Waals surface area contributed by atoms with E-state index >= 15 is 0 Å². The summed E-state index contributed by atoms with van der Waals surface area (Å²) < 4.78 is 5.67. The van der Waals surface area contributed by atoms with Gasteiger partial charge in [0.25, 0.3) is 0 Å². The first-order chi connectivity index (χ1) is 15.1. The minimum Gasteiger partial charge on any atom is -0.456 e. The fourth-order valence-electron chi connectivity index (χ4n) is 4.20. The highest BCUT2D eigenvalue weighted by atomic mass is 35.5. The molecule has 0 unspecified atom stereocenters. The van der Waals surface area contributed by atoms with Gasteiger partial charge in [-0.15, -0.1) is 0 Å². The maximum Gasteiger partial charge on any atom is 0.338 e. The van der Waals surface area contributed by atoms with E-state index in [-0.39, 0.29) is 6.04 Å². The summed E-state index contributed by atoms with van der Waals surface area (Å²) in [5.41, 5.74) is 2.77. The van der Waals surface area contributed by atoms with Crippen molar-refractivity contribution in [3.63, 3.8) is 0 Å². The fourth-order valence-corrected chi connectivity index (χ4v) is 4.39. The Balaban J connectivity index is 1.48. The van der Waals surface area contributed by atoms with Crippen LogP contribution in [0.25, 0.3) is 0 Å². The predicted octanol–water partition coefficient (Wildman–Crippen LogP) is 5.09. The number of hydrogen-bond acceptors (Lipinski definition) is 4. The zero-order valence-corrected chi connectivity index (χ0v) is 18.0. The van der Waals surface area contributed by atoms with Crippen LogP contribution in [0.1, 0.15) is 34.3 Å². The third-order valence-corrected chi connectivity index (χ3v) is 6.00. The van der Waals surface area contributed by atoms with Gasteiger partial charge >= 0.3 is 5.97 Å². The zero-order chi connectivity index (χ0) is 21.6. The Kier molecular flexibility index (Phi) is 7.03. The van der Waals surface area contributed by atoms with Gasteiger partial charge in [-0.1, -0.05) is 78.3 Å². The highest BCUT2D eigenvalue weighted by Crippen LogP contribution is 2.30. The van der Waals surface area contributed by atoms with Gasteiger partial charge in [0.15, 0.2) is 0 Å². The molecule has 1 saturated carbocycles. The minimum atomic E-state index is -0.754. The molecule has 0 bridgehead atoms. The third kappa shape index (κ3) is 5.53. The Morgan fingerprint density at radius 2 is 1.52 bits per heavy atom. The smallest absolute Gasteiger partial charge is 0.338 e. The summed E-state index contributed by atoms with van der Waals surface area (Å²) in [7, 11) is 0. The summed E-state index contributed by atoms with van der Waals surface area (Å²) in [4.78, 5) is 14.8. The van der Waals surface area contributed by atoms with Crippen LogP contribution in [0.3, 0.4) is 0 Å². The van der Waals surface area contributed by atoms with E-state index in [2.05, 4.69) is 29.2 Å². The topological polar surface area (TPSA) is 49.8 Å². The van der Waals surface area contributed by atoms with Crippen LogP contribution in [0.4, 0.5) is 0 Å². The predicted molar refractivity (Wildman–Crippen MR) is 122 cm³/mol. The van der Waals surface area contributed by atoms with Gasteiger partial charge < -0.3 is 9.84 Å². The van der Waals surface area contributed by atoms with Crippen molar-refractivity contribution < 1.29 is 14.6 Å². The Morgan fingerprint density at radius 1 is 0.903 bits per heavy atom. The number of nitrogens with zero attached hydrogens (tertiary/aromatic N) is 1. The summed E-state index contributed by atoms with van der Waals surface area (Å²) >= 11 is 5.99. The highest BCUT2D eigenvalue weighted by Gasteiger charge is 2.40. The molecule has 3 aromatic carbocycles. The second kappa shape index (κ2) is 10.1. The van der Waals surface area contributed by atoms with Crippen molar-refractivity contribution >= 4 is 17.6 Å². The SMILES string of the molecule is O=C(O[C@@H]1CC[C@@H](N(Cc2ccccc2)Cc2ccccc2)[C@H]1O)c1cccc(Cl)c1. The summed E-state index contributed by atoms with van der Waals surface area (Å²) in [6.45, 7) is 1.43. The fraction of sp³-hybridized carbons (Fsp3) is 0.269. The van der Waals surface area contributed by atoms with Crippen LogP contribution in [-0.2, 0) is 17.8 Å². The van der Waals surface area contributed by atoms with E-state index in [0.717, 1.165) is 6.42 Å². The molecule has 0 spiro atoms. The molecule has 3 aromatic rings. The van der Waals surface area contributed by atoms with Gasteiger partial charge in [0, 0.05) is 24.2 Å². The summed E-state index contributed by atoms with van der Waals surface area (Å²) in [6.07, 6.45) is 0.0908. The van der Waals surface area contributed by atoms with Crippen molar-refractivity contribution in [3.8, 4) is 0 Å². The lowest BCUT2D eigenvalue weighted by molar-refractivity contribution is -0.0281. The number of benzene rings is 3. The lowest BCUT2D eigenvalue weighted by Crippen LogP contribution is -2.43. The van der Waals surface area contributed by atoms with Crippen molar-refractivity contribution in [3.05, 3.63) is 107 Å². The molecule has 1 aliphatic rings. The number of halogens is 1. The van der Waals surface area contributed by atoms with Gasteiger partial charge in [-0.2, -0.15) is 0 Å². The number of carbonyl (C=O) groups is 1. The second-order valence-electron chi connectivity index (χ2n) is 7.97. The molecule has 0 radical (unpaired) electrons. The largest absolute Gasteiger partial charge is 0.456 e. The standard InChI is InChI=1S/C26H26ClNO3/c27-22-13-7-12-21(16-22)26(30)31-24-15-14-23(25(24)29)28(17-19-8-3-1-4-9-19)18-20-10-5-2-6-11-20/h1-13,16,23-25,29H,14-15,17-18H2/t23-,24-,25-/m1/s1. The maximum absolute atomic E-state index is 12.6. The third-order valence-electron chi connectivity index (χ3n) is 5.77. The van der Waals surface area contributed by atoms with Crippen molar-refractivity contribution in [1.29, 1.82) is 0 Å². The van der Waals surface area contributed by atoms with Gasteiger partial charge in [-0.25, -0.2) is 4.79 Å². The van der Waals surface area contributed by atoms with Crippen LogP contribution in [-0.4, -0.2) is 34.2 Å². The van der Waals surface area contributed by atoms with Gasteiger partial charge in [0.2, 0.25) is 0 Å². The van der Waals surface area contributed by atoms with E-state index < -0.39 is 18.2 Å². The van der Waals surface area contributed by atoms with Crippen molar-refractivity contribution in [1.82, 2.24) is 4.90 Å². The molecular weight excluding hydrogens is 410 g/mol. The van der Waals surface area contributed by atoms with E-state index in [0.29, 0.717) is 30.1 Å². The molecule has 5 heteroatoms. The first-order valence-electron chi connectivity index (χ1n) is 10.6. The number of ether oxygens (including phenoxy) is 1. The van der Waals surface area contributed by atoms with Crippen LogP contribution >= 0.6 is 11.6 Å². The molecule has 0 aliphatic heterocycles. The summed E-state index contributed by atoms with van der Waals surface area (Å²) in [5, 5.41) is 11.6. The summed E-state index contributed by atoms with van der Waals surface area (Å²) in [5.74, 6) is -0.454. The number of rotatable bonds is 7. The molecule has 4 nitrogen and oxygen atoms in total. The molecule has 0 aromatic heterocycles. The van der Waals surface area contributed by atoms with Gasteiger partial charge in [-0.3, -0.25) is 4.90 Å². The monoisotopic (exact) mass is 435 g/mol. The molecule has 0 heterocycles.